The molecule has 0 aliphatic carbocycles. The van der Waals surface area contributed by atoms with E-state index < -0.39 is 85.5 Å². The normalized spacial score (nSPS) is 22.6. The molecule has 3 atom stereocenters. The van der Waals surface area contributed by atoms with Crippen molar-refractivity contribution in [3.8, 4) is 0 Å². The maximum Gasteiger partial charge on any atom is 0.243 e. The Bertz CT molecular complexity index is 925. The Labute approximate surface area is 217 Å². The molecule has 1 aliphatic rings. The minimum Gasteiger partial charge on any atom is -0.370 e. The highest BCUT2D eigenvalue weighted by molar-refractivity contribution is 7.80. The molecule has 0 spiro atoms. The van der Waals surface area contributed by atoms with E-state index in [0.29, 0.717) is 0 Å². The lowest BCUT2D eigenvalue weighted by Gasteiger charge is -2.21. The fourth-order valence-electron chi connectivity index (χ4n) is 2.98. The number of nitrogens with two attached hydrogens (primary N) is 3. The summed E-state index contributed by atoms with van der Waals surface area (Å²) in [5.41, 5.74) is 15.7. The van der Waals surface area contributed by atoms with Gasteiger partial charge in [-0.15, -0.1) is 0 Å². The number of nitrogens with one attached hydrogen (secondary N) is 6. The molecular formula is C19H32N10O7S. The van der Waals surface area contributed by atoms with Crippen LogP contribution in [-0.2, 0) is 33.6 Å². The number of primary amides is 1. The smallest absolute Gasteiger partial charge is 0.243 e. The van der Waals surface area contributed by atoms with E-state index in [4.69, 9.17) is 17.2 Å². The van der Waals surface area contributed by atoms with Crippen molar-refractivity contribution in [2.75, 3.05) is 31.9 Å². The van der Waals surface area contributed by atoms with Crippen molar-refractivity contribution in [1.29, 1.82) is 0 Å². The molecule has 7 amide bonds. The highest BCUT2D eigenvalue weighted by Gasteiger charge is 2.27. The molecule has 18 heteroatoms. The maximum atomic E-state index is 12.6. The van der Waals surface area contributed by atoms with Gasteiger partial charge in [0.05, 0.1) is 26.1 Å². The average Bonchev–Trinajstić information content (AvgIpc) is 2.83. The molecule has 0 aromatic heterocycles. The molecule has 17 nitrogen and oxygen atoms in total. The van der Waals surface area contributed by atoms with Crippen LogP contribution in [0.2, 0.25) is 0 Å². The highest BCUT2D eigenvalue weighted by atomic mass is 32.1. The summed E-state index contributed by atoms with van der Waals surface area (Å²) in [5.74, 6) is -5.91. The molecule has 206 valence electrons. The Hall–Kier alpha value is -4.09. The molecule has 0 aromatic rings. The van der Waals surface area contributed by atoms with E-state index in [1.54, 1.807) is 0 Å². The largest absolute Gasteiger partial charge is 0.370 e. The predicted molar refractivity (Wildman–Crippen MR) is 132 cm³/mol. The third kappa shape index (κ3) is 12.4. The fourth-order valence-corrected chi connectivity index (χ4v) is 3.24. The van der Waals surface area contributed by atoms with Gasteiger partial charge in [0, 0.05) is 12.3 Å². The van der Waals surface area contributed by atoms with Crippen molar-refractivity contribution in [1.82, 2.24) is 31.9 Å². The zero-order chi connectivity index (χ0) is 28.0. The van der Waals surface area contributed by atoms with Gasteiger partial charge in [-0.05, 0) is 12.8 Å². The van der Waals surface area contributed by atoms with E-state index in [-0.39, 0.29) is 31.1 Å². The van der Waals surface area contributed by atoms with Crippen molar-refractivity contribution in [3.63, 3.8) is 0 Å². The minimum atomic E-state index is -1.44. The second-order valence-electron chi connectivity index (χ2n) is 7.82. The molecular weight excluding hydrogens is 512 g/mol. The van der Waals surface area contributed by atoms with Crippen LogP contribution in [0.25, 0.3) is 0 Å². The Kier molecular flexibility index (Phi) is 13.2. The fraction of sp³-hybridized carbons (Fsp3) is 0.579. The molecule has 0 saturated carbocycles. The highest BCUT2D eigenvalue weighted by Crippen LogP contribution is 2.00. The van der Waals surface area contributed by atoms with Gasteiger partial charge in [-0.25, -0.2) is 0 Å². The molecule has 37 heavy (non-hydrogen) atoms. The van der Waals surface area contributed by atoms with Crippen molar-refractivity contribution in [2.45, 2.75) is 37.4 Å². The lowest BCUT2D eigenvalue weighted by molar-refractivity contribution is -0.134. The summed E-state index contributed by atoms with van der Waals surface area (Å²) >= 11 is 4.00. The third-order valence-electron chi connectivity index (χ3n) is 4.76. The lowest BCUT2D eigenvalue weighted by Crippen LogP contribution is -2.56. The van der Waals surface area contributed by atoms with Crippen LogP contribution in [-0.4, -0.2) is 97.4 Å². The van der Waals surface area contributed by atoms with Gasteiger partial charge in [-0.2, -0.15) is 12.6 Å². The quantitative estimate of drug-likeness (QED) is 0.0630. The first-order chi connectivity index (χ1) is 17.4. The molecule has 0 unspecified atom stereocenters. The molecule has 1 rings (SSSR count). The van der Waals surface area contributed by atoms with Gasteiger partial charge < -0.3 is 49.1 Å². The monoisotopic (exact) mass is 544 g/mol. The number of carbonyl (C=O) groups is 7. The lowest BCUT2D eigenvalue weighted by atomic mass is 10.1. The van der Waals surface area contributed by atoms with Gasteiger partial charge in [-0.1, -0.05) is 0 Å². The summed E-state index contributed by atoms with van der Waals surface area (Å²) in [6.07, 6.45) is -0.229. The number of thiol groups is 1. The first kappa shape index (κ1) is 30.9. The van der Waals surface area contributed by atoms with Gasteiger partial charge in [0.25, 0.3) is 0 Å². The van der Waals surface area contributed by atoms with Crippen molar-refractivity contribution in [3.05, 3.63) is 0 Å². The molecule has 1 fully saturated rings. The number of nitrogens with zero attached hydrogens (tertiary/aromatic N) is 1. The molecule has 12 N–H and O–H groups in total. The summed E-state index contributed by atoms with van der Waals surface area (Å²) in [6, 6.07) is -3.72. The van der Waals surface area contributed by atoms with Crippen LogP contribution in [0, 0.1) is 0 Å². The summed E-state index contributed by atoms with van der Waals surface area (Å²) in [5, 5.41) is 13.9. The van der Waals surface area contributed by atoms with E-state index >= 15 is 0 Å². The Morgan fingerprint density at radius 2 is 1.19 bits per heavy atom. The van der Waals surface area contributed by atoms with Gasteiger partial charge in [0.1, 0.15) is 18.1 Å². The Morgan fingerprint density at radius 3 is 1.65 bits per heavy atom. The van der Waals surface area contributed by atoms with Crippen LogP contribution in [0.3, 0.4) is 0 Å². The van der Waals surface area contributed by atoms with Gasteiger partial charge in [-0.3, -0.25) is 38.6 Å². The maximum absolute atomic E-state index is 12.6. The minimum absolute atomic E-state index is 0.0753. The van der Waals surface area contributed by atoms with E-state index in [1.165, 1.54) is 0 Å². The molecule has 0 radical (unpaired) electrons. The van der Waals surface area contributed by atoms with Gasteiger partial charge in [0.2, 0.25) is 41.4 Å². The van der Waals surface area contributed by atoms with E-state index in [1.807, 2.05) is 0 Å². The van der Waals surface area contributed by atoms with Crippen molar-refractivity contribution < 1.29 is 33.6 Å². The van der Waals surface area contributed by atoms with Crippen LogP contribution < -0.4 is 49.1 Å². The summed E-state index contributed by atoms with van der Waals surface area (Å²) in [4.78, 5) is 89.5. The number of rotatable bonds is 7. The van der Waals surface area contributed by atoms with Gasteiger partial charge in [0.15, 0.2) is 5.96 Å². The number of hydrogen-bond donors (Lipinski definition) is 10. The van der Waals surface area contributed by atoms with E-state index in [2.05, 4.69) is 49.5 Å². The van der Waals surface area contributed by atoms with E-state index in [9.17, 15) is 33.6 Å². The summed E-state index contributed by atoms with van der Waals surface area (Å²) < 4.78 is 0. The van der Waals surface area contributed by atoms with Crippen LogP contribution in [0.15, 0.2) is 4.99 Å². The molecule has 1 aliphatic heterocycles. The zero-order valence-corrected chi connectivity index (χ0v) is 20.8. The molecule has 1 heterocycles. The molecule has 0 bridgehead atoms. The SMILES string of the molecule is NC(=O)C[C@@H]1NC(=O)CNC(=O)[C@H](CS)NC(=O)CNC(=O)[C@H](CCCN=C(N)N)NC(=O)CNC1=O. The van der Waals surface area contributed by atoms with Gasteiger partial charge >= 0.3 is 0 Å². The standard InChI is InChI=1S/C19H32N10O7S/c20-12(30)4-10-17(35)25-5-13(31)27-9(2-1-3-23-19(21)22)16(34)24-7-15(33)29-11(8-37)18(36)26-6-14(32)28-10/h9-11,37H,1-8H2,(H2,20,30)(H,24,34)(H,25,35)(H,26,36)(H,27,31)(H,28,32)(H,29,33)(H4,21,22,23)/t9-,10-,11-/m0/s1. The summed E-state index contributed by atoms with van der Waals surface area (Å²) in [6.45, 7) is -1.57. The van der Waals surface area contributed by atoms with E-state index in [0.717, 1.165) is 0 Å². The summed E-state index contributed by atoms with van der Waals surface area (Å²) in [7, 11) is 0. The number of guanidine groups is 1. The zero-order valence-electron chi connectivity index (χ0n) is 19.9. The van der Waals surface area contributed by atoms with Crippen molar-refractivity contribution in [2.24, 2.45) is 22.2 Å². The number of carbonyl (C=O) groups excluding carboxylic acids is 7. The third-order valence-corrected chi connectivity index (χ3v) is 5.12. The van der Waals surface area contributed by atoms with Crippen LogP contribution in [0.4, 0.5) is 0 Å². The first-order valence-electron chi connectivity index (χ1n) is 11.1. The number of hydrogen-bond acceptors (Lipinski definition) is 9. The van der Waals surface area contributed by atoms with Crippen LogP contribution in [0.1, 0.15) is 19.3 Å². The van der Waals surface area contributed by atoms with Crippen molar-refractivity contribution >= 4 is 59.9 Å². The molecule has 1 saturated heterocycles. The number of amides is 7. The Balaban J connectivity index is 3.08. The second kappa shape index (κ2) is 15.8. The average molecular weight is 545 g/mol. The number of aliphatic imine (C=N–C) groups is 1. The molecule has 0 aromatic carbocycles. The predicted octanol–water partition coefficient (Wildman–Crippen LogP) is -6.34. The van der Waals surface area contributed by atoms with Crippen LogP contribution in [0.5, 0.6) is 0 Å². The topological polar surface area (TPSA) is 282 Å². The Morgan fingerprint density at radius 1 is 0.757 bits per heavy atom. The first-order valence-corrected chi connectivity index (χ1v) is 11.7. The second-order valence-corrected chi connectivity index (χ2v) is 8.18. The van der Waals surface area contributed by atoms with Crippen LogP contribution >= 0.6 is 12.6 Å².